The second-order valence-corrected chi connectivity index (χ2v) is 4.39. The molecule has 3 atom stereocenters. The van der Waals surface area contributed by atoms with Gasteiger partial charge in [0.25, 0.3) is 0 Å². The Morgan fingerprint density at radius 1 is 1.64 bits per heavy atom. The van der Waals surface area contributed by atoms with Crippen molar-refractivity contribution in [3.05, 3.63) is 12.2 Å². The summed E-state index contributed by atoms with van der Waals surface area (Å²) in [6.07, 6.45) is 8.25. The fourth-order valence-electron chi connectivity index (χ4n) is 2.74. The monoisotopic (exact) mass is 151 g/mol. The van der Waals surface area contributed by atoms with Crippen molar-refractivity contribution in [1.29, 1.82) is 0 Å². The van der Waals surface area contributed by atoms with E-state index in [1.165, 1.54) is 19.3 Å². The van der Waals surface area contributed by atoms with E-state index in [2.05, 4.69) is 26.0 Å². The van der Waals surface area contributed by atoms with E-state index in [-0.39, 0.29) is 5.54 Å². The second-order valence-electron chi connectivity index (χ2n) is 4.39. The SMILES string of the molecule is CC[C@]1(C)C[C@H]2CC=C[C@]21N. The lowest BCUT2D eigenvalue weighted by Crippen LogP contribution is -2.65. The standard InChI is InChI=1S/C10H17N/c1-3-9(2)7-8-5-4-6-10(8,9)11/h4,6,8H,3,5,7,11H2,1-2H3/t8-,9-,10+/m1/s1. The van der Waals surface area contributed by atoms with Gasteiger partial charge in [0, 0.05) is 5.54 Å². The summed E-state index contributed by atoms with van der Waals surface area (Å²) in [5, 5.41) is 0. The highest BCUT2D eigenvalue weighted by Gasteiger charge is 2.59. The Balaban J connectivity index is 2.26. The highest BCUT2D eigenvalue weighted by Crippen LogP contribution is 2.59. The van der Waals surface area contributed by atoms with Crippen LogP contribution in [0.4, 0.5) is 0 Å². The van der Waals surface area contributed by atoms with Crippen LogP contribution in [0.15, 0.2) is 12.2 Å². The number of hydrogen-bond donors (Lipinski definition) is 1. The molecule has 2 rings (SSSR count). The summed E-state index contributed by atoms with van der Waals surface area (Å²) in [7, 11) is 0. The zero-order valence-corrected chi connectivity index (χ0v) is 7.43. The van der Waals surface area contributed by atoms with E-state index in [0.717, 1.165) is 5.92 Å². The van der Waals surface area contributed by atoms with Crippen LogP contribution in [0.1, 0.15) is 33.1 Å². The molecular formula is C10H17N. The van der Waals surface area contributed by atoms with Crippen molar-refractivity contribution >= 4 is 0 Å². The van der Waals surface area contributed by atoms with Crippen LogP contribution in [0.3, 0.4) is 0 Å². The fraction of sp³-hybridized carbons (Fsp3) is 0.800. The summed E-state index contributed by atoms with van der Waals surface area (Å²) in [5.74, 6) is 0.757. The molecule has 0 aromatic carbocycles. The molecule has 0 bridgehead atoms. The zero-order chi connectivity index (χ0) is 8.11. The Hall–Kier alpha value is -0.300. The largest absolute Gasteiger partial charge is 0.321 e. The van der Waals surface area contributed by atoms with Crippen LogP contribution < -0.4 is 5.73 Å². The molecule has 62 valence electrons. The molecule has 1 fully saturated rings. The van der Waals surface area contributed by atoms with Gasteiger partial charge in [0.1, 0.15) is 0 Å². The summed E-state index contributed by atoms with van der Waals surface area (Å²) in [6.45, 7) is 4.57. The van der Waals surface area contributed by atoms with Gasteiger partial charge in [-0.25, -0.2) is 0 Å². The highest BCUT2D eigenvalue weighted by atomic mass is 14.9. The Morgan fingerprint density at radius 2 is 2.36 bits per heavy atom. The van der Waals surface area contributed by atoms with Crippen molar-refractivity contribution in [1.82, 2.24) is 0 Å². The van der Waals surface area contributed by atoms with Crippen molar-refractivity contribution in [2.45, 2.75) is 38.6 Å². The molecule has 2 aliphatic rings. The minimum atomic E-state index is 0.0573. The first kappa shape index (κ1) is 7.35. The molecule has 0 spiro atoms. The molecule has 0 unspecified atom stereocenters. The second kappa shape index (κ2) is 1.89. The third-order valence-corrected chi connectivity index (χ3v) is 4.01. The first-order chi connectivity index (χ1) is 5.12. The van der Waals surface area contributed by atoms with Gasteiger partial charge in [-0.1, -0.05) is 26.0 Å². The average Bonchev–Trinajstić information content (AvgIpc) is 2.29. The Labute approximate surface area is 68.7 Å². The number of hydrogen-bond acceptors (Lipinski definition) is 1. The quantitative estimate of drug-likeness (QED) is 0.570. The van der Waals surface area contributed by atoms with Gasteiger partial charge < -0.3 is 5.73 Å². The summed E-state index contributed by atoms with van der Waals surface area (Å²) >= 11 is 0. The summed E-state index contributed by atoms with van der Waals surface area (Å²) in [4.78, 5) is 0. The molecule has 0 aromatic rings. The molecule has 0 aromatic heterocycles. The molecule has 0 saturated heterocycles. The molecule has 11 heavy (non-hydrogen) atoms. The van der Waals surface area contributed by atoms with Gasteiger partial charge in [-0.3, -0.25) is 0 Å². The van der Waals surface area contributed by atoms with Gasteiger partial charge >= 0.3 is 0 Å². The van der Waals surface area contributed by atoms with Crippen molar-refractivity contribution < 1.29 is 0 Å². The summed E-state index contributed by atoms with van der Waals surface area (Å²) in [5.41, 5.74) is 6.76. The predicted molar refractivity (Wildman–Crippen MR) is 47.2 cm³/mol. The molecular weight excluding hydrogens is 134 g/mol. The van der Waals surface area contributed by atoms with Crippen LogP contribution in [-0.2, 0) is 0 Å². The minimum absolute atomic E-state index is 0.0573. The highest BCUT2D eigenvalue weighted by molar-refractivity contribution is 5.29. The third kappa shape index (κ3) is 0.652. The van der Waals surface area contributed by atoms with Crippen molar-refractivity contribution in [3.63, 3.8) is 0 Å². The van der Waals surface area contributed by atoms with Gasteiger partial charge in [0.05, 0.1) is 0 Å². The first-order valence-corrected chi connectivity index (χ1v) is 4.59. The maximum Gasteiger partial charge on any atom is 0.0425 e. The zero-order valence-electron chi connectivity index (χ0n) is 7.43. The van der Waals surface area contributed by atoms with E-state index >= 15 is 0 Å². The molecule has 2 aliphatic carbocycles. The lowest BCUT2D eigenvalue weighted by molar-refractivity contribution is -0.0143. The van der Waals surface area contributed by atoms with Gasteiger partial charge in [0.2, 0.25) is 0 Å². The number of fused-ring (bicyclic) bond motifs is 1. The van der Waals surface area contributed by atoms with E-state index < -0.39 is 0 Å². The van der Waals surface area contributed by atoms with Gasteiger partial charge in [-0.05, 0) is 30.6 Å². The Bertz CT molecular complexity index is 209. The number of nitrogens with two attached hydrogens (primary N) is 1. The smallest absolute Gasteiger partial charge is 0.0425 e. The molecule has 2 N–H and O–H groups in total. The summed E-state index contributed by atoms with van der Waals surface area (Å²) in [6, 6.07) is 0. The van der Waals surface area contributed by atoms with Crippen LogP contribution in [0.2, 0.25) is 0 Å². The van der Waals surface area contributed by atoms with Crippen LogP contribution in [0.5, 0.6) is 0 Å². The average molecular weight is 151 g/mol. The maximum atomic E-state index is 6.31. The van der Waals surface area contributed by atoms with Crippen LogP contribution in [-0.4, -0.2) is 5.54 Å². The fourth-order valence-corrected chi connectivity index (χ4v) is 2.74. The Kier molecular flexibility index (Phi) is 1.26. The van der Waals surface area contributed by atoms with E-state index in [0.29, 0.717) is 5.41 Å². The van der Waals surface area contributed by atoms with Gasteiger partial charge in [-0.15, -0.1) is 0 Å². The normalized spacial score (nSPS) is 53.9. The minimum Gasteiger partial charge on any atom is -0.321 e. The predicted octanol–water partition coefficient (Wildman–Crippen LogP) is 2.08. The first-order valence-electron chi connectivity index (χ1n) is 4.59. The van der Waals surface area contributed by atoms with E-state index in [1.807, 2.05) is 0 Å². The molecule has 0 aliphatic heterocycles. The molecule has 0 amide bonds. The topological polar surface area (TPSA) is 26.0 Å². The van der Waals surface area contributed by atoms with Crippen molar-refractivity contribution in [3.8, 4) is 0 Å². The lowest BCUT2D eigenvalue weighted by atomic mass is 9.50. The van der Waals surface area contributed by atoms with Crippen LogP contribution in [0.25, 0.3) is 0 Å². The van der Waals surface area contributed by atoms with Crippen molar-refractivity contribution in [2.24, 2.45) is 17.1 Å². The molecule has 0 heterocycles. The van der Waals surface area contributed by atoms with Crippen LogP contribution >= 0.6 is 0 Å². The van der Waals surface area contributed by atoms with E-state index in [1.54, 1.807) is 0 Å². The lowest BCUT2D eigenvalue weighted by Gasteiger charge is -2.58. The maximum absolute atomic E-state index is 6.31. The van der Waals surface area contributed by atoms with Crippen LogP contribution in [0, 0.1) is 11.3 Å². The van der Waals surface area contributed by atoms with Gasteiger partial charge in [0.15, 0.2) is 0 Å². The number of rotatable bonds is 1. The van der Waals surface area contributed by atoms with Crippen molar-refractivity contribution in [2.75, 3.05) is 0 Å². The van der Waals surface area contributed by atoms with E-state index in [4.69, 9.17) is 5.73 Å². The van der Waals surface area contributed by atoms with E-state index in [9.17, 15) is 0 Å². The third-order valence-electron chi connectivity index (χ3n) is 4.01. The van der Waals surface area contributed by atoms with Gasteiger partial charge in [-0.2, -0.15) is 0 Å². The summed E-state index contributed by atoms with van der Waals surface area (Å²) < 4.78 is 0. The molecule has 0 radical (unpaired) electrons. The number of allylic oxidation sites excluding steroid dienone is 1. The Morgan fingerprint density at radius 3 is 2.91 bits per heavy atom. The molecule has 1 nitrogen and oxygen atoms in total. The molecule has 1 saturated carbocycles. The molecule has 1 heteroatoms.